The highest BCUT2D eigenvalue weighted by molar-refractivity contribution is 6.30. The minimum Gasteiger partial charge on any atom is -0.381 e. The molecule has 1 aliphatic carbocycles. The number of nitrogens with zero attached hydrogens (tertiary/aromatic N) is 5. The van der Waals surface area contributed by atoms with Crippen molar-refractivity contribution in [3.8, 4) is 11.1 Å². The van der Waals surface area contributed by atoms with Crippen molar-refractivity contribution in [2.24, 2.45) is 7.05 Å². The molecular formula is C25H27ClFN5O2. The number of rotatable bonds is 2. The normalized spacial score (nSPS) is 15.1. The Balaban J connectivity index is 0.000000158. The number of ether oxygens (including phenoxy) is 1. The van der Waals surface area contributed by atoms with Gasteiger partial charge in [-0.15, -0.1) is 0 Å². The second kappa shape index (κ2) is 11.4. The predicted molar refractivity (Wildman–Crippen MR) is 130 cm³/mol. The van der Waals surface area contributed by atoms with Crippen LogP contribution in [0.3, 0.4) is 0 Å². The van der Waals surface area contributed by atoms with E-state index < -0.39 is 5.82 Å². The van der Waals surface area contributed by atoms with E-state index >= 15 is 0 Å². The van der Waals surface area contributed by atoms with E-state index in [9.17, 15) is 9.18 Å². The van der Waals surface area contributed by atoms with E-state index in [-0.39, 0.29) is 11.1 Å². The molecule has 7 nitrogen and oxygen atoms in total. The number of hydrogen-bond acceptors (Lipinski definition) is 5. The quantitative estimate of drug-likeness (QED) is 0.392. The first kappa shape index (κ1) is 24.0. The number of hydrogen-bond donors (Lipinski definition) is 0. The van der Waals surface area contributed by atoms with E-state index in [0.29, 0.717) is 21.5 Å². The van der Waals surface area contributed by atoms with Crippen molar-refractivity contribution in [2.45, 2.75) is 38.1 Å². The zero-order valence-corrected chi connectivity index (χ0v) is 19.8. The van der Waals surface area contributed by atoms with Crippen molar-refractivity contribution in [3.63, 3.8) is 0 Å². The van der Waals surface area contributed by atoms with Crippen LogP contribution in [0.4, 0.5) is 4.39 Å². The largest absolute Gasteiger partial charge is 0.381 e. The van der Waals surface area contributed by atoms with Crippen LogP contribution in [0.25, 0.3) is 22.0 Å². The van der Waals surface area contributed by atoms with Crippen molar-refractivity contribution in [1.29, 1.82) is 0 Å². The molecule has 178 valence electrons. The molecule has 6 rings (SSSR count). The van der Waals surface area contributed by atoms with Crippen LogP contribution in [0.15, 0.2) is 59.9 Å². The molecule has 2 fully saturated rings. The van der Waals surface area contributed by atoms with Crippen LogP contribution in [0.5, 0.6) is 0 Å². The fraction of sp³-hybridized carbons (Fsp3) is 0.360. The molecule has 3 aromatic heterocycles. The first-order chi connectivity index (χ1) is 16.5. The van der Waals surface area contributed by atoms with Gasteiger partial charge in [0.1, 0.15) is 11.3 Å². The van der Waals surface area contributed by atoms with E-state index in [0.717, 1.165) is 19.3 Å². The summed E-state index contributed by atoms with van der Waals surface area (Å²) in [4.78, 5) is 16.0. The minimum atomic E-state index is -0.453. The van der Waals surface area contributed by atoms with Gasteiger partial charge in [-0.25, -0.2) is 9.07 Å². The Kier molecular flexibility index (Phi) is 8.03. The van der Waals surface area contributed by atoms with Crippen LogP contribution >= 0.6 is 11.6 Å². The fourth-order valence-electron chi connectivity index (χ4n) is 3.59. The molecule has 1 aromatic carbocycles. The third kappa shape index (κ3) is 6.07. The van der Waals surface area contributed by atoms with Gasteiger partial charge in [0.25, 0.3) is 5.56 Å². The lowest BCUT2D eigenvalue weighted by Gasteiger charge is -2.08. The summed E-state index contributed by atoms with van der Waals surface area (Å²) in [5.74, 6) is -0.453. The molecule has 0 spiro atoms. The molecule has 0 N–H and O–H groups in total. The molecule has 0 bridgehead atoms. The van der Waals surface area contributed by atoms with Crippen LogP contribution in [0.2, 0.25) is 5.02 Å². The van der Waals surface area contributed by atoms with Gasteiger partial charge in [0, 0.05) is 54.8 Å². The van der Waals surface area contributed by atoms with Gasteiger partial charge in [0.2, 0.25) is 0 Å². The van der Waals surface area contributed by atoms with Gasteiger partial charge in [-0.3, -0.25) is 14.5 Å². The van der Waals surface area contributed by atoms with Crippen molar-refractivity contribution >= 4 is 22.5 Å². The van der Waals surface area contributed by atoms with Gasteiger partial charge in [-0.1, -0.05) is 11.6 Å². The lowest BCUT2D eigenvalue weighted by molar-refractivity contribution is 0.0968. The van der Waals surface area contributed by atoms with Crippen LogP contribution in [0, 0.1) is 5.82 Å². The molecule has 0 radical (unpaired) electrons. The number of halogens is 2. The Bertz CT molecular complexity index is 1270. The van der Waals surface area contributed by atoms with Gasteiger partial charge in [0.05, 0.1) is 12.2 Å². The van der Waals surface area contributed by atoms with E-state index in [4.69, 9.17) is 16.3 Å². The highest BCUT2D eigenvalue weighted by Crippen LogP contribution is 2.33. The molecule has 1 saturated heterocycles. The van der Waals surface area contributed by atoms with Gasteiger partial charge in [-0.05, 0) is 68.0 Å². The first-order valence-corrected chi connectivity index (χ1v) is 11.8. The lowest BCUT2D eigenvalue weighted by atomic mass is 10.0. The molecule has 34 heavy (non-hydrogen) atoms. The lowest BCUT2D eigenvalue weighted by Crippen LogP contribution is -2.20. The van der Waals surface area contributed by atoms with Crippen molar-refractivity contribution < 1.29 is 9.13 Å². The number of aryl methyl sites for hydroxylation is 1. The maximum atomic E-state index is 14.0. The highest BCUT2D eigenvalue weighted by Gasteiger charge is 2.22. The monoisotopic (exact) mass is 483 g/mol. The third-order valence-electron chi connectivity index (χ3n) is 5.59. The van der Waals surface area contributed by atoms with E-state index in [1.807, 2.05) is 23.1 Å². The number of pyridine rings is 1. The fourth-order valence-corrected chi connectivity index (χ4v) is 3.75. The van der Waals surface area contributed by atoms with Crippen LogP contribution < -0.4 is 5.56 Å². The minimum absolute atomic E-state index is 0.259. The molecule has 9 heteroatoms. The second-order valence-corrected chi connectivity index (χ2v) is 8.65. The summed E-state index contributed by atoms with van der Waals surface area (Å²) in [7, 11) is 1.54. The molecule has 0 unspecified atom stereocenters. The first-order valence-electron chi connectivity index (χ1n) is 11.4. The topological polar surface area (TPSA) is 74.8 Å². The van der Waals surface area contributed by atoms with E-state index in [1.54, 1.807) is 25.2 Å². The molecule has 0 atom stereocenters. The SMILES string of the molecule is C1CCOCC1.Cn1ncc2c(-c3ccc(Cl)cc3F)ccnc2c1=O.c1cnn(C2CC2)c1. The zero-order chi connectivity index (χ0) is 23.9. The molecular weight excluding hydrogens is 457 g/mol. The van der Waals surface area contributed by atoms with Crippen LogP contribution in [-0.4, -0.2) is 37.8 Å². The average molecular weight is 484 g/mol. The third-order valence-corrected chi connectivity index (χ3v) is 5.83. The molecule has 1 aliphatic heterocycles. The Morgan fingerprint density at radius 1 is 1.06 bits per heavy atom. The van der Waals surface area contributed by atoms with Crippen molar-refractivity contribution in [2.75, 3.05) is 13.2 Å². The summed E-state index contributed by atoms with van der Waals surface area (Å²) in [6.45, 7) is 2.00. The van der Waals surface area contributed by atoms with Crippen LogP contribution in [-0.2, 0) is 11.8 Å². The maximum absolute atomic E-state index is 14.0. The maximum Gasteiger partial charge on any atom is 0.292 e. The molecule has 0 amide bonds. The van der Waals surface area contributed by atoms with Gasteiger partial charge in [-0.2, -0.15) is 10.2 Å². The Morgan fingerprint density at radius 3 is 2.44 bits per heavy atom. The molecule has 4 heterocycles. The highest BCUT2D eigenvalue weighted by atomic mass is 35.5. The van der Waals surface area contributed by atoms with Crippen LogP contribution in [0.1, 0.15) is 38.1 Å². The second-order valence-electron chi connectivity index (χ2n) is 8.21. The number of benzene rings is 1. The average Bonchev–Trinajstić information content (AvgIpc) is 3.57. The smallest absolute Gasteiger partial charge is 0.292 e. The summed E-state index contributed by atoms with van der Waals surface area (Å²) in [5, 5.41) is 8.88. The van der Waals surface area contributed by atoms with E-state index in [2.05, 4.69) is 15.2 Å². The Morgan fingerprint density at radius 2 is 1.85 bits per heavy atom. The summed E-state index contributed by atoms with van der Waals surface area (Å²) in [6.07, 6.45) is 13.4. The number of aromatic nitrogens is 5. The van der Waals surface area contributed by atoms with Crippen molar-refractivity contribution in [3.05, 3.63) is 76.3 Å². The van der Waals surface area contributed by atoms with Crippen molar-refractivity contribution in [1.82, 2.24) is 24.5 Å². The summed E-state index contributed by atoms with van der Waals surface area (Å²) >= 11 is 5.75. The summed E-state index contributed by atoms with van der Waals surface area (Å²) in [6, 6.07) is 8.76. The van der Waals surface area contributed by atoms with Gasteiger partial charge < -0.3 is 4.74 Å². The van der Waals surface area contributed by atoms with E-state index in [1.165, 1.54) is 55.2 Å². The standard InChI is InChI=1S/C14H9ClFN3O.C6H8N2.C5H10O/c1-19-14(20)13-11(7-18-19)9(4-5-17-13)10-3-2-8(15)6-12(10)16;1-4-7-8(5-1)6-2-3-6;1-2-4-6-5-3-1/h2-7H,1H3;1,4-6H,2-3H2;1-5H2. The predicted octanol–water partition coefficient (Wildman–Crippen LogP) is 5.19. The zero-order valence-electron chi connectivity index (χ0n) is 19.0. The van der Waals surface area contributed by atoms with Gasteiger partial charge >= 0.3 is 0 Å². The van der Waals surface area contributed by atoms with Gasteiger partial charge in [0.15, 0.2) is 0 Å². The molecule has 2 aliphatic rings. The summed E-state index contributed by atoms with van der Waals surface area (Å²) in [5.41, 5.74) is 0.860. The Labute approximate surface area is 202 Å². The molecule has 4 aromatic rings. The Hall–Kier alpha value is -3.10. The molecule has 1 saturated carbocycles. The summed E-state index contributed by atoms with van der Waals surface area (Å²) < 4.78 is 22.3. The number of fused-ring (bicyclic) bond motifs is 1.